The smallest absolute Gasteiger partial charge is 0.807 e. The van der Waals surface area contributed by atoms with E-state index >= 15 is 0 Å². The quantitative estimate of drug-likeness (QED) is 0.361. The fourth-order valence-electron chi connectivity index (χ4n) is 0.696. The summed E-state index contributed by atoms with van der Waals surface area (Å²) in [4.78, 5) is 20.5. The standard InChI is InChI=1S/C6H5F2O3P.2Na/c7-4-1-2-5(8)6(3-4)12(9,10)11;;/h1-3H,(H2,9,10,11);;/q;2*+1/p-2. The molecule has 1 aromatic carbocycles. The molecule has 14 heavy (non-hydrogen) atoms. The second-order valence-electron chi connectivity index (χ2n) is 2.09. The molecule has 8 heteroatoms. The van der Waals surface area contributed by atoms with Crippen molar-refractivity contribution >= 4 is 12.9 Å². The van der Waals surface area contributed by atoms with E-state index in [0.717, 1.165) is 6.07 Å². The molecular weight excluding hydrogens is 235 g/mol. The maximum absolute atomic E-state index is 12.5. The number of rotatable bonds is 1. The van der Waals surface area contributed by atoms with Gasteiger partial charge in [0.15, 0.2) is 0 Å². The Balaban J connectivity index is 0. The van der Waals surface area contributed by atoms with Crippen LogP contribution in [0.4, 0.5) is 8.78 Å². The van der Waals surface area contributed by atoms with E-state index in [1.165, 1.54) is 0 Å². The number of hydrogen-bond acceptors (Lipinski definition) is 3. The minimum Gasteiger partial charge on any atom is -0.807 e. The summed E-state index contributed by atoms with van der Waals surface area (Å²) in [6, 6.07) is 1.68. The van der Waals surface area contributed by atoms with Gasteiger partial charge in [-0.1, -0.05) is 0 Å². The molecule has 0 radical (unpaired) electrons. The Bertz CT molecular complexity index is 355. The van der Waals surface area contributed by atoms with Crippen LogP contribution < -0.4 is 74.2 Å². The van der Waals surface area contributed by atoms with Crippen LogP contribution in [0.15, 0.2) is 18.2 Å². The van der Waals surface area contributed by atoms with E-state index in [4.69, 9.17) is 0 Å². The molecule has 0 unspecified atom stereocenters. The van der Waals surface area contributed by atoms with Crippen molar-refractivity contribution in [3.63, 3.8) is 0 Å². The van der Waals surface area contributed by atoms with Gasteiger partial charge >= 0.3 is 59.1 Å². The molecule has 0 fully saturated rings. The predicted octanol–water partition coefficient (Wildman–Crippen LogP) is -6.49. The van der Waals surface area contributed by atoms with E-state index in [0.29, 0.717) is 12.1 Å². The van der Waals surface area contributed by atoms with Crippen molar-refractivity contribution in [3.8, 4) is 0 Å². The number of hydrogen-bond donors (Lipinski definition) is 0. The summed E-state index contributed by atoms with van der Waals surface area (Å²) in [5, 5.41) is -1.14. The molecule has 0 saturated carbocycles. The first-order valence-electron chi connectivity index (χ1n) is 2.89. The fraction of sp³-hybridized carbons (Fsp3) is 0. The Morgan fingerprint density at radius 1 is 1.14 bits per heavy atom. The SMILES string of the molecule is O=P([O-])([O-])c1cc(F)ccc1F.[Na+].[Na+]. The van der Waals surface area contributed by atoms with Crippen LogP contribution in [-0.4, -0.2) is 0 Å². The largest absolute Gasteiger partial charge is 1.00 e. The summed E-state index contributed by atoms with van der Waals surface area (Å²) >= 11 is 0. The van der Waals surface area contributed by atoms with Gasteiger partial charge in [0.25, 0.3) is 0 Å². The second kappa shape index (κ2) is 6.74. The van der Waals surface area contributed by atoms with E-state index in [2.05, 4.69) is 0 Å². The van der Waals surface area contributed by atoms with Gasteiger partial charge in [-0.2, -0.15) is 0 Å². The van der Waals surface area contributed by atoms with Crippen molar-refractivity contribution in [3.05, 3.63) is 29.8 Å². The van der Waals surface area contributed by atoms with Gasteiger partial charge in [0.05, 0.1) is 0 Å². The fourth-order valence-corrected chi connectivity index (χ4v) is 1.31. The van der Waals surface area contributed by atoms with Gasteiger partial charge in [-0.05, 0) is 25.8 Å². The molecule has 66 valence electrons. The summed E-state index contributed by atoms with van der Waals surface area (Å²) in [7, 11) is -5.20. The number of benzene rings is 1. The summed E-state index contributed by atoms with van der Waals surface area (Å²) in [6.07, 6.45) is 0. The third-order valence-electron chi connectivity index (χ3n) is 1.20. The van der Waals surface area contributed by atoms with Crippen LogP contribution in [-0.2, 0) is 4.57 Å². The maximum atomic E-state index is 12.5. The van der Waals surface area contributed by atoms with Gasteiger partial charge in [-0.15, -0.1) is 0 Å². The average molecular weight is 238 g/mol. The van der Waals surface area contributed by atoms with Crippen LogP contribution >= 0.6 is 7.60 Å². The van der Waals surface area contributed by atoms with Gasteiger partial charge < -0.3 is 14.4 Å². The van der Waals surface area contributed by atoms with Crippen LogP contribution in [0, 0.1) is 11.6 Å². The van der Waals surface area contributed by atoms with E-state index in [1.54, 1.807) is 0 Å². The van der Waals surface area contributed by atoms with Crippen molar-refractivity contribution in [2.45, 2.75) is 0 Å². The molecule has 0 heterocycles. The predicted molar refractivity (Wildman–Crippen MR) is 33.6 cm³/mol. The second-order valence-corrected chi connectivity index (χ2v) is 3.57. The Morgan fingerprint density at radius 2 is 1.64 bits per heavy atom. The molecule has 1 aromatic rings. The zero-order valence-corrected chi connectivity index (χ0v) is 12.6. The van der Waals surface area contributed by atoms with Crippen LogP contribution in [0.1, 0.15) is 0 Å². The minimum absolute atomic E-state index is 0. The molecule has 0 saturated heterocycles. The van der Waals surface area contributed by atoms with E-state index < -0.39 is 24.5 Å². The Morgan fingerprint density at radius 3 is 2.00 bits per heavy atom. The van der Waals surface area contributed by atoms with Crippen molar-refractivity contribution in [1.29, 1.82) is 0 Å². The molecule has 0 bridgehead atoms. The monoisotopic (exact) mass is 238 g/mol. The Labute approximate surface area is 124 Å². The van der Waals surface area contributed by atoms with Crippen LogP contribution in [0.5, 0.6) is 0 Å². The van der Waals surface area contributed by atoms with Crippen molar-refractivity contribution in [1.82, 2.24) is 0 Å². The van der Waals surface area contributed by atoms with E-state index in [-0.39, 0.29) is 59.1 Å². The van der Waals surface area contributed by atoms with Gasteiger partial charge in [-0.25, -0.2) is 8.78 Å². The molecule has 3 nitrogen and oxygen atoms in total. The summed E-state index contributed by atoms with van der Waals surface area (Å²) < 4.78 is 35.1. The minimum atomic E-state index is -5.20. The average Bonchev–Trinajstić information content (AvgIpc) is 1.92. The van der Waals surface area contributed by atoms with Crippen LogP contribution in [0.2, 0.25) is 0 Å². The first-order valence-corrected chi connectivity index (χ1v) is 4.43. The molecule has 0 aliphatic heterocycles. The molecular formula is C6H3F2Na2O3P. The first kappa shape index (κ1) is 17.6. The molecule has 0 amide bonds. The number of halogens is 2. The molecule has 0 aliphatic carbocycles. The zero-order chi connectivity index (χ0) is 9.35. The summed E-state index contributed by atoms with van der Waals surface area (Å²) in [6.45, 7) is 0. The summed E-state index contributed by atoms with van der Waals surface area (Å²) in [5.41, 5.74) is 0. The zero-order valence-electron chi connectivity index (χ0n) is 7.66. The Hall–Kier alpha value is 1.23. The first-order chi connectivity index (χ1) is 5.41. The molecule has 0 aromatic heterocycles. The van der Waals surface area contributed by atoms with Crippen molar-refractivity contribution in [2.24, 2.45) is 0 Å². The maximum Gasteiger partial charge on any atom is 1.00 e. The van der Waals surface area contributed by atoms with Gasteiger partial charge in [0.2, 0.25) is 0 Å². The third kappa shape index (κ3) is 4.84. The Kier molecular flexibility index (Phi) is 8.48. The van der Waals surface area contributed by atoms with Crippen LogP contribution in [0.25, 0.3) is 0 Å². The van der Waals surface area contributed by atoms with Crippen LogP contribution in [0.3, 0.4) is 0 Å². The molecule has 1 rings (SSSR count). The van der Waals surface area contributed by atoms with E-state index in [9.17, 15) is 23.1 Å². The molecule has 0 N–H and O–H groups in total. The van der Waals surface area contributed by atoms with Crippen molar-refractivity contribution in [2.75, 3.05) is 0 Å². The molecule has 0 atom stereocenters. The van der Waals surface area contributed by atoms with Gasteiger partial charge in [0.1, 0.15) is 11.6 Å². The normalized spacial score (nSPS) is 10.0. The molecule has 0 aliphatic rings. The van der Waals surface area contributed by atoms with Crippen molar-refractivity contribution < 1.29 is 82.2 Å². The van der Waals surface area contributed by atoms with Gasteiger partial charge in [-0.3, -0.25) is 0 Å². The third-order valence-corrected chi connectivity index (χ3v) is 2.14. The van der Waals surface area contributed by atoms with Gasteiger partial charge in [0, 0.05) is 5.30 Å². The topological polar surface area (TPSA) is 63.2 Å². The van der Waals surface area contributed by atoms with E-state index in [1.807, 2.05) is 0 Å². The summed E-state index contributed by atoms with van der Waals surface area (Å²) in [5.74, 6) is -2.19. The molecule has 0 spiro atoms.